The van der Waals surface area contributed by atoms with Crippen LogP contribution in [0.5, 0.6) is 0 Å². The normalized spacial score (nSPS) is 27.1. The molecule has 1 saturated heterocycles. The summed E-state index contributed by atoms with van der Waals surface area (Å²) in [5.74, 6) is 0. The Hall–Kier alpha value is -1.16. The Balaban J connectivity index is 2.07. The van der Waals surface area contributed by atoms with Gasteiger partial charge in [0.05, 0.1) is 6.54 Å². The van der Waals surface area contributed by atoms with Crippen molar-refractivity contribution in [2.24, 2.45) is 0 Å². The lowest BCUT2D eigenvalue weighted by Gasteiger charge is -2.46. The number of rotatable bonds is 0. The van der Waals surface area contributed by atoms with Gasteiger partial charge in [-0.15, -0.1) is 0 Å². The number of halogens is 2. The Kier molecular flexibility index (Phi) is 2.14. The molecule has 0 amide bonds. The van der Waals surface area contributed by atoms with E-state index in [0.29, 0.717) is 12.2 Å². The van der Waals surface area contributed by atoms with Crippen LogP contribution in [0.25, 0.3) is 0 Å². The Morgan fingerprint density at radius 2 is 2.12 bits per heavy atom. The Bertz CT molecular complexity index is 406. The van der Waals surface area contributed by atoms with E-state index in [-0.39, 0.29) is 12.6 Å². The molecule has 2 aliphatic heterocycles. The number of nitrogens with one attached hydrogen (secondary N) is 1. The summed E-state index contributed by atoms with van der Waals surface area (Å²) >= 11 is 0. The first-order valence-corrected chi connectivity index (χ1v) is 5.64. The number of anilines is 1. The third-order valence-corrected chi connectivity index (χ3v) is 3.43. The number of hydrogen-bond acceptors (Lipinski definition) is 2. The summed E-state index contributed by atoms with van der Waals surface area (Å²) in [7, 11) is 0. The van der Waals surface area contributed by atoms with Crippen molar-refractivity contribution in [1.82, 2.24) is 5.32 Å². The van der Waals surface area contributed by atoms with E-state index in [9.17, 15) is 8.78 Å². The minimum absolute atomic E-state index is 0.0707. The van der Waals surface area contributed by atoms with Crippen molar-refractivity contribution in [3.63, 3.8) is 0 Å². The van der Waals surface area contributed by atoms with E-state index in [4.69, 9.17) is 0 Å². The van der Waals surface area contributed by atoms with E-state index in [1.54, 1.807) is 6.07 Å². The number of hydrogen-bond donors (Lipinski definition) is 1. The van der Waals surface area contributed by atoms with E-state index in [2.05, 4.69) is 5.32 Å². The van der Waals surface area contributed by atoms with Crippen LogP contribution in [0.15, 0.2) is 24.3 Å². The Labute approximate surface area is 93.3 Å². The number of para-hydroxylation sites is 1. The zero-order valence-corrected chi connectivity index (χ0v) is 8.92. The maximum Gasteiger partial charge on any atom is 0.338 e. The molecule has 16 heavy (non-hydrogen) atoms. The zero-order valence-electron chi connectivity index (χ0n) is 8.92. The summed E-state index contributed by atoms with van der Waals surface area (Å²) in [6, 6.07) is 4.67. The smallest absolute Gasteiger partial charge is 0.308 e. The maximum atomic E-state index is 13.9. The lowest BCUT2D eigenvalue weighted by Crippen LogP contribution is -2.63. The fraction of sp³-hybridized carbons (Fsp3) is 0.500. The van der Waals surface area contributed by atoms with E-state index in [1.165, 1.54) is 4.90 Å². The van der Waals surface area contributed by atoms with Gasteiger partial charge in [-0.05, 0) is 24.5 Å². The fourth-order valence-electron chi connectivity index (χ4n) is 2.72. The predicted octanol–water partition coefficient (Wildman–Crippen LogP) is 2.00. The zero-order chi connectivity index (χ0) is 11.2. The van der Waals surface area contributed by atoms with Crippen molar-refractivity contribution in [3.05, 3.63) is 29.8 Å². The van der Waals surface area contributed by atoms with Crippen LogP contribution in [0, 0.1) is 0 Å². The largest absolute Gasteiger partial charge is 0.338 e. The van der Waals surface area contributed by atoms with E-state index in [1.807, 2.05) is 18.2 Å². The summed E-state index contributed by atoms with van der Waals surface area (Å²) in [5, 5.41) is 2.81. The van der Waals surface area contributed by atoms with Crippen LogP contribution in [0.3, 0.4) is 0 Å². The molecule has 0 radical (unpaired) electrons. The highest BCUT2D eigenvalue weighted by Gasteiger charge is 2.46. The first-order chi connectivity index (χ1) is 7.68. The lowest BCUT2D eigenvalue weighted by molar-refractivity contribution is -0.0262. The van der Waals surface area contributed by atoms with E-state index in [0.717, 1.165) is 18.4 Å². The van der Waals surface area contributed by atoms with Crippen LogP contribution in [-0.4, -0.2) is 25.2 Å². The van der Waals surface area contributed by atoms with Gasteiger partial charge in [-0.25, -0.2) is 0 Å². The van der Waals surface area contributed by atoms with Gasteiger partial charge in [0.15, 0.2) is 0 Å². The number of alkyl halides is 2. The Morgan fingerprint density at radius 1 is 1.31 bits per heavy atom. The topological polar surface area (TPSA) is 15.3 Å². The molecule has 4 heteroatoms. The van der Waals surface area contributed by atoms with E-state index < -0.39 is 6.05 Å². The molecule has 0 bridgehead atoms. The highest BCUT2D eigenvalue weighted by molar-refractivity contribution is 5.58. The van der Waals surface area contributed by atoms with Crippen molar-refractivity contribution < 1.29 is 8.78 Å². The first-order valence-electron chi connectivity index (χ1n) is 5.64. The van der Waals surface area contributed by atoms with Gasteiger partial charge in [0.2, 0.25) is 0 Å². The second-order valence-corrected chi connectivity index (χ2v) is 4.49. The van der Waals surface area contributed by atoms with Crippen LogP contribution in [0.1, 0.15) is 12.0 Å². The molecule has 2 nitrogen and oxygen atoms in total. The van der Waals surface area contributed by atoms with Gasteiger partial charge in [-0.1, -0.05) is 18.2 Å². The molecule has 1 N–H and O–H groups in total. The molecular weight excluding hydrogens is 210 g/mol. The summed E-state index contributed by atoms with van der Waals surface area (Å²) in [4.78, 5) is 1.31. The molecule has 1 atom stereocenters. The van der Waals surface area contributed by atoms with Gasteiger partial charge in [0.1, 0.15) is 0 Å². The molecule has 1 fully saturated rings. The van der Waals surface area contributed by atoms with E-state index >= 15 is 0 Å². The van der Waals surface area contributed by atoms with Crippen molar-refractivity contribution >= 4 is 5.69 Å². The minimum Gasteiger partial charge on any atom is -0.308 e. The molecule has 0 saturated carbocycles. The molecular formula is C12H14F2N2. The molecule has 0 spiro atoms. The van der Waals surface area contributed by atoms with Gasteiger partial charge in [-0.2, -0.15) is 8.78 Å². The van der Waals surface area contributed by atoms with Gasteiger partial charge in [0, 0.05) is 18.3 Å². The monoisotopic (exact) mass is 224 g/mol. The average molecular weight is 224 g/mol. The number of benzene rings is 1. The lowest BCUT2D eigenvalue weighted by atomic mass is 9.94. The molecule has 0 aliphatic carbocycles. The molecule has 1 unspecified atom stereocenters. The highest BCUT2D eigenvalue weighted by Crippen LogP contribution is 2.38. The number of fused-ring (bicyclic) bond motifs is 3. The Morgan fingerprint density at radius 3 is 3.00 bits per heavy atom. The van der Waals surface area contributed by atoms with Crippen molar-refractivity contribution in [2.45, 2.75) is 24.9 Å². The predicted molar refractivity (Wildman–Crippen MR) is 58.8 cm³/mol. The fourth-order valence-corrected chi connectivity index (χ4v) is 2.72. The molecule has 0 aromatic heterocycles. The number of aryl methyl sites for hydroxylation is 1. The standard InChI is InChI=1S/C12H14F2N2/c13-12(14)8-15-7-10-6-5-9-3-1-2-4-11(9)16(10)12/h1-4,10,15H,5-8H2. The average Bonchev–Trinajstić information content (AvgIpc) is 2.28. The molecule has 1 aromatic rings. The summed E-state index contributed by atoms with van der Waals surface area (Å²) < 4.78 is 27.8. The summed E-state index contributed by atoms with van der Waals surface area (Å²) in [5.41, 5.74) is 1.76. The number of nitrogens with zero attached hydrogens (tertiary/aromatic N) is 1. The second-order valence-electron chi connectivity index (χ2n) is 4.49. The molecule has 2 heterocycles. The van der Waals surface area contributed by atoms with Crippen LogP contribution >= 0.6 is 0 Å². The summed E-state index contributed by atoms with van der Waals surface area (Å²) in [6.07, 6.45) is 1.70. The maximum absolute atomic E-state index is 13.9. The quantitative estimate of drug-likeness (QED) is 0.678. The van der Waals surface area contributed by atoms with Crippen molar-refractivity contribution in [3.8, 4) is 0 Å². The van der Waals surface area contributed by atoms with Gasteiger partial charge >= 0.3 is 6.05 Å². The number of piperazine rings is 1. The third-order valence-electron chi connectivity index (χ3n) is 3.43. The van der Waals surface area contributed by atoms with Crippen LogP contribution in [-0.2, 0) is 6.42 Å². The minimum atomic E-state index is -2.76. The molecule has 2 aliphatic rings. The SMILES string of the molecule is FC1(F)CNCC2CCc3ccccc3N21. The van der Waals surface area contributed by atoms with Gasteiger partial charge in [-0.3, -0.25) is 0 Å². The summed E-state index contributed by atoms with van der Waals surface area (Å²) in [6.45, 7) is 0.405. The van der Waals surface area contributed by atoms with Gasteiger partial charge in [0.25, 0.3) is 0 Å². The molecule has 1 aromatic carbocycles. The van der Waals surface area contributed by atoms with Crippen molar-refractivity contribution in [1.29, 1.82) is 0 Å². The highest BCUT2D eigenvalue weighted by atomic mass is 19.3. The van der Waals surface area contributed by atoms with Crippen molar-refractivity contribution in [2.75, 3.05) is 18.0 Å². The van der Waals surface area contributed by atoms with Crippen LogP contribution < -0.4 is 10.2 Å². The second kappa shape index (κ2) is 3.42. The van der Waals surface area contributed by atoms with Crippen LogP contribution in [0.2, 0.25) is 0 Å². The molecule has 86 valence electrons. The molecule has 3 rings (SSSR count). The van der Waals surface area contributed by atoms with Crippen LogP contribution in [0.4, 0.5) is 14.5 Å². The first kappa shape index (κ1) is 10.0. The third kappa shape index (κ3) is 1.40. The van der Waals surface area contributed by atoms with Gasteiger partial charge < -0.3 is 10.2 Å².